The maximum atomic E-state index is 11.9. The number of carbonyl (C=O) groups excluding carboxylic acids is 2. The summed E-state index contributed by atoms with van der Waals surface area (Å²) in [7, 11) is 1.18. The molecule has 0 fully saturated rings. The lowest BCUT2D eigenvalue weighted by Gasteiger charge is -2.19. The van der Waals surface area contributed by atoms with Gasteiger partial charge in [0.2, 0.25) is 0 Å². The van der Waals surface area contributed by atoms with Gasteiger partial charge >= 0.3 is 17.9 Å². The van der Waals surface area contributed by atoms with Gasteiger partial charge in [-0.3, -0.25) is 4.79 Å². The van der Waals surface area contributed by atoms with Gasteiger partial charge in [0.25, 0.3) is 0 Å². The van der Waals surface area contributed by atoms with Gasteiger partial charge in [0, 0.05) is 6.42 Å². The molecule has 26 heavy (non-hydrogen) atoms. The lowest BCUT2D eigenvalue weighted by molar-refractivity contribution is -0.154. The molecular weight excluding hydrogens is 340 g/mol. The molecule has 0 radical (unpaired) electrons. The number of methoxy groups -OCH3 is 1. The Balaban J connectivity index is 2.51. The molecule has 0 aliphatic carbocycles. The Hall–Kier alpha value is -2.57. The Morgan fingerprint density at radius 2 is 1.77 bits per heavy atom. The summed E-state index contributed by atoms with van der Waals surface area (Å²) in [5.74, 6) is -2.06. The summed E-state index contributed by atoms with van der Waals surface area (Å²) < 4.78 is 15.4. The number of ether oxygens (including phenoxy) is 3. The summed E-state index contributed by atoms with van der Waals surface area (Å²) in [5.41, 5.74) is -0.754. The molecule has 1 N–H and O–H groups in total. The third kappa shape index (κ3) is 7.13. The predicted molar refractivity (Wildman–Crippen MR) is 94.5 cm³/mol. The van der Waals surface area contributed by atoms with Gasteiger partial charge in [-0.05, 0) is 52.2 Å². The van der Waals surface area contributed by atoms with Crippen molar-refractivity contribution in [3.8, 4) is 5.75 Å². The zero-order valence-electron chi connectivity index (χ0n) is 15.7. The summed E-state index contributed by atoms with van der Waals surface area (Å²) >= 11 is 0. The van der Waals surface area contributed by atoms with Gasteiger partial charge in [0.15, 0.2) is 0 Å². The van der Waals surface area contributed by atoms with Crippen molar-refractivity contribution in [3.63, 3.8) is 0 Å². The minimum atomic E-state index is -1.23. The number of hydrogen-bond acceptors (Lipinski definition) is 6. The number of esters is 2. The van der Waals surface area contributed by atoms with E-state index < -0.39 is 17.5 Å². The topological polar surface area (TPSA) is 99.1 Å². The third-order valence-corrected chi connectivity index (χ3v) is 3.35. The van der Waals surface area contributed by atoms with Crippen molar-refractivity contribution in [1.82, 2.24) is 0 Å². The maximum Gasteiger partial charge on any atom is 0.342 e. The molecular formula is C19H26O7. The molecule has 0 bridgehead atoms. The Bertz CT molecular complexity index is 644. The first kappa shape index (κ1) is 21.5. The molecule has 0 aromatic heterocycles. The number of carboxylic acids is 1. The number of carboxylic acid groups (broad SMARTS) is 1. The highest BCUT2D eigenvalue weighted by Crippen LogP contribution is 2.24. The normalized spacial score (nSPS) is 10.9. The van der Waals surface area contributed by atoms with E-state index in [0.717, 1.165) is 6.42 Å². The second kappa shape index (κ2) is 9.79. The Morgan fingerprint density at radius 3 is 2.35 bits per heavy atom. The summed E-state index contributed by atoms with van der Waals surface area (Å²) in [6, 6.07) is 4.36. The molecule has 0 heterocycles. The van der Waals surface area contributed by atoms with E-state index in [1.54, 1.807) is 0 Å². The summed E-state index contributed by atoms with van der Waals surface area (Å²) in [6.07, 6.45) is 2.39. The van der Waals surface area contributed by atoms with Crippen LogP contribution in [0.2, 0.25) is 0 Å². The standard InChI is InChI=1S/C19H26O7/c1-19(2,3)26-15(20)11-6-5-7-12-25-14-10-8-9-13(17(21)22)16(14)18(23)24-4/h8-10H,5-7,11-12H2,1-4H3,(H,21,22). The van der Waals surface area contributed by atoms with E-state index in [4.69, 9.17) is 9.47 Å². The predicted octanol–water partition coefficient (Wildman–Crippen LogP) is 3.45. The minimum absolute atomic E-state index is 0.101. The molecule has 1 aromatic rings. The van der Waals surface area contributed by atoms with Gasteiger partial charge in [-0.25, -0.2) is 9.59 Å². The van der Waals surface area contributed by atoms with Gasteiger partial charge < -0.3 is 19.3 Å². The molecule has 0 aliphatic heterocycles. The van der Waals surface area contributed by atoms with Crippen LogP contribution < -0.4 is 4.74 Å². The van der Waals surface area contributed by atoms with E-state index in [9.17, 15) is 19.5 Å². The molecule has 7 nitrogen and oxygen atoms in total. The molecule has 7 heteroatoms. The SMILES string of the molecule is COC(=O)c1c(OCCCCCC(=O)OC(C)(C)C)cccc1C(=O)O. The van der Waals surface area contributed by atoms with Crippen molar-refractivity contribution >= 4 is 17.9 Å². The fourth-order valence-corrected chi connectivity index (χ4v) is 2.27. The second-order valence-electron chi connectivity index (χ2n) is 6.72. The van der Waals surface area contributed by atoms with Crippen LogP contribution in [0.25, 0.3) is 0 Å². The fraction of sp³-hybridized carbons (Fsp3) is 0.526. The molecule has 0 aliphatic rings. The van der Waals surface area contributed by atoms with Crippen LogP contribution in [-0.4, -0.2) is 42.3 Å². The zero-order valence-corrected chi connectivity index (χ0v) is 15.7. The minimum Gasteiger partial charge on any atom is -0.493 e. The molecule has 0 saturated carbocycles. The number of unbranched alkanes of at least 4 members (excludes halogenated alkanes) is 2. The van der Waals surface area contributed by atoms with E-state index in [0.29, 0.717) is 25.9 Å². The third-order valence-electron chi connectivity index (χ3n) is 3.35. The highest BCUT2D eigenvalue weighted by molar-refractivity contribution is 6.04. The van der Waals surface area contributed by atoms with Crippen LogP contribution in [-0.2, 0) is 14.3 Å². The fourth-order valence-electron chi connectivity index (χ4n) is 2.27. The first-order valence-corrected chi connectivity index (χ1v) is 8.45. The van der Waals surface area contributed by atoms with Crippen LogP contribution in [0.15, 0.2) is 18.2 Å². The number of carbonyl (C=O) groups is 3. The van der Waals surface area contributed by atoms with Crippen molar-refractivity contribution < 1.29 is 33.7 Å². The molecule has 1 rings (SSSR count). The highest BCUT2D eigenvalue weighted by Gasteiger charge is 2.22. The van der Waals surface area contributed by atoms with Crippen molar-refractivity contribution in [2.24, 2.45) is 0 Å². The van der Waals surface area contributed by atoms with Crippen molar-refractivity contribution in [2.75, 3.05) is 13.7 Å². The van der Waals surface area contributed by atoms with Crippen molar-refractivity contribution in [3.05, 3.63) is 29.3 Å². The van der Waals surface area contributed by atoms with Crippen LogP contribution in [0.5, 0.6) is 5.75 Å². The maximum absolute atomic E-state index is 11.9. The van der Waals surface area contributed by atoms with Crippen molar-refractivity contribution in [2.45, 2.75) is 52.1 Å². The van der Waals surface area contributed by atoms with Crippen LogP contribution in [0.1, 0.15) is 67.2 Å². The molecule has 0 amide bonds. The van der Waals surface area contributed by atoms with Crippen LogP contribution in [0, 0.1) is 0 Å². The molecule has 0 unspecified atom stereocenters. The van der Waals surface area contributed by atoms with Gasteiger partial charge in [-0.1, -0.05) is 6.07 Å². The van der Waals surface area contributed by atoms with Gasteiger partial charge in [-0.15, -0.1) is 0 Å². The van der Waals surface area contributed by atoms with Crippen LogP contribution in [0.3, 0.4) is 0 Å². The quantitative estimate of drug-likeness (QED) is 0.528. The average Bonchev–Trinajstić information content (AvgIpc) is 2.55. The smallest absolute Gasteiger partial charge is 0.342 e. The summed E-state index contributed by atoms with van der Waals surface area (Å²) in [6.45, 7) is 5.76. The van der Waals surface area contributed by atoms with E-state index in [-0.39, 0.29) is 22.8 Å². The van der Waals surface area contributed by atoms with E-state index >= 15 is 0 Å². The Labute approximate surface area is 153 Å². The van der Waals surface area contributed by atoms with Crippen molar-refractivity contribution in [1.29, 1.82) is 0 Å². The molecule has 0 atom stereocenters. The molecule has 0 saturated heterocycles. The zero-order chi connectivity index (χ0) is 19.7. The van der Waals surface area contributed by atoms with E-state index in [2.05, 4.69) is 4.74 Å². The highest BCUT2D eigenvalue weighted by atomic mass is 16.6. The summed E-state index contributed by atoms with van der Waals surface area (Å²) in [5, 5.41) is 9.20. The number of rotatable bonds is 9. The largest absolute Gasteiger partial charge is 0.493 e. The first-order chi connectivity index (χ1) is 12.2. The van der Waals surface area contributed by atoms with Crippen LogP contribution in [0.4, 0.5) is 0 Å². The van der Waals surface area contributed by atoms with Crippen LogP contribution >= 0.6 is 0 Å². The van der Waals surface area contributed by atoms with Gasteiger partial charge in [0.1, 0.15) is 16.9 Å². The van der Waals surface area contributed by atoms with E-state index in [1.807, 2.05) is 20.8 Å². The molecule has 1 aromatic carbocycles. The number of hydrogen-bond donors (Lipinski definition) is 1. The Morgan fingerprint density at radius 1 is 1.08 bits per heavy atom. The average molecular weight is 366 g/mol. The monoisotopic (exact) mass is 366 g/mol. The summed E-state index contributed by atoms with van der Waals surface area (Å²) in [4.78, 5) is 34.7. The van der Waals surface area contributed by atoms with Gasteiger partial charge in [0.05, 0.1) is 19.3 Å². The lowest BCUT2D eigenvalue weighted by Crippen LogP contribution is -2.23. The number of benzene rings is 1. The molecule has 144 valence electrons. The van der Waals surface area contributed by atoms with Gasteiger partial charge in [-0.2, -0.15) is 0 Å². The second-order valence-corrected chi connectivity index (χ2v) is 6.72. The molecule has 0 spiro atoms. The first-order valence-electron chi connectivity index (χ1n) is 8.45. The van der Waals surface area contributed by atoms with E-state index in [1.165, 1.54) is 25.3 Å². The Kier molecular flexibility index (Phi) is 8.09. The number of aromatic carboxylic acids is 1. The lowest BCUT2D eigenvalue weighted by atomic mass is 10.1.